The Hall–Kier alpha value is -2.68. The largest absolute Gasteiger partial charge is 0.497 e. The van der Waals surface area contributed by atoms with Crippen LogP contribution >= 0.6 is 39.5 Å². The van der Waals surface area contributed by atoms with Gasteiger partial charge in [0.15, 0.2) is 0 Å². The van der Waals surface area contributed by atoms with Gasteiger partial charge in [0.05, 0.1) is 53.0 Å². The number of ether oxygens (including phenoxy) is 2. The summed E-state index contributed by atoms with van der Waals surface area (Å²) >= 11 is 6.88. The number of aromatic amines is 2. The number of benzene rings is 2. The number of thioether (sulfide) groups is 2. The Morgan fingerprint density at radius 3 is 1.92 bits per heavy atom. The van der Waals surface area contributed by atoms with E-state index in [2.05, 4.69) is 66.9 Å². The molecule has 2 aromatic carbocycles. The van der Waals surface area contributed by atoms with E-state index in [9.17, 15) is 10.2 Å². The maximum absolute atomic E-state index is 11.3. The van der Waals surface area contributed by atoms with E-state index in [1.807, 2.05) is 6.07 Å². The molecule has 1 saturated carbocycles. The van der Waals surface area contributed by atoms with Crippen LogP contribution in [0.15, 0.2) is 50.9 Å². The van der Waals surface area contributed by atoms with E-state index in [-0.39, 0.29) is 0 Å². The average Bonchev–Trinajstić information content (AvgIpc) is 3.93. The zero-order chi connectivity index (χ0) is 32.8. The number of halogens is 1. The fourth-order valence-corrected chi connectivity index (χ4v) is 9.86. The molecule has 2 aromatic heterocycles. The van der Waals surface area contributed by atoms with Crippen molar-refractivity contribution in [1.82, 2.24) is 9.97 Å². The van der Waals surface area contributed by atoms with Gasteiger partial charge in [0.25, 0.3) is 0 Å². The first-order valence-electron chi connectivity index (χ1n) is 16.8. The lowest BCUT2D eigenvalue weighted by atomic mass is 10.0. The van der Waals surface area contributed by atoms with Crippen LogP contribution in [0.25, 0.3) is 21.8 Å². The van der Waals surface area contributed by atoms with Gasteiger partial charge in [-0.05, 0) is 56.0 Å². The number of aliphatic imine (C=N–C) groups is 2. The molecule has 4 aromatic rings. The monoisotopic (exact) mass is 752 g/mol. The number of aliphatic hydroxyl groups excluding tert-OH is 2. The predicted octanol–water partition coefficient (Wildman–Crippen LogP) is 6.51. The Balaban J connectivity index is 0.975. The topological polar surface area (TPSA) is 139 Å². The van der Waals surface area contributed by atoms with Crippen molar-refractivity contribution in [2.45, 2.75) is 74.9 Å². The van der Waals surface area contributed by atoms with Gasteiger partial charge in [0.2, 0.25) is 0 Å². The standard InChI is InChI=1S/C35H41BrN6O4S2/c1-45-23-11-19-13-27(40-31(19)25(15-23)37-21-4-2-3-5-21)35-42-29(17-48-35)33(44)32(43)28-16-47-34(41-28)26-12-18-10-20(36)14-24(30(18)39-26)38-22-6-8-46-9-7-22/h10-15,21-22,28-29,32-33,37-40,43-44H,2-9,16-17H2,1H3. The van der Waals surface area contributed by atoms with E-state index in [4.69, 9.17) is 19.5 Å². The molecule has 0 spiro atoms. The summed E-state index contributed by atoms with van der Waals surface area (Å²) in [6.07, 6.45) is 4.77. The Bertz CT molecular complexity index is 1860. The molecule has 10 nitrogen and oxygen atoms in total. The molecule has 254 valence electrons. The maximum Gasteiger partial charge on any atom is 0.121 e. The summed E-state index contributed by atoms with van der Waals surface area (Å²) in [5.41, 5.74) is 5.99. The van der Waals surface area contributed by atoms with Crippen LogP contribution in [0.5, 0.6) is 5.75 Å². The zero-order valence-corrected chi connectivity index (χ0v) is 30.0. The van der Waals surface area contributed by atoms with Crippen molar-refractivity contribution in [3.8, 4) is 5.75 Å². The number of nitrogens with one attached hydrogen (secondary N) is 4. The van der Waals surface area contributed by atoms with Crippen molar-refractivity contribution < 1.29 is 19.7 Å². The summed E-state index contributed by atoms with van der Waals surface area (Å²) in [5.74, 6) is 2.00. The highest BCUT2D eigenvalue weighted by Crippen LogP contribution is 2.37. The molecule has 1 saturated heterocycles. The summed E-state index contributed by atoms with van der Waals surface area (Å²) in [7, 11) is 1.69. The van der Waals surface area contributed by atoms with Gasteiger partial charge in [-0.1, -0.05) is 28.8 Å². The second-order valence-electron chi connectivity index (χ2n) is 13.2. The third-order valence-electron chi connectivity index (χ3n) is 9.87. The molecule has 3 aliphatic heterocycles. The third kappa shape index (κ3) is 6.61. The smallest absolute Gasteiger partial charge is 0.121 e. The molecule has 2 fully saturated rings. The summed E-state index contributed by atoms with van der Waals surface area (Å²) < 4.78 is 12.1. The average molecular weight is 754 g/mol. The van der Waals surface area contributed by atoms with E-state index < -0.39 is 24.3 Å². The number of methoxy groups -OCH3 is 1. The Kier molecular flexibility index (Phi) is 9.43. The summed E-state index contributed by atoms with van der Waals surface area (Å²) in [4.78, 5) is 17.0. The molecule has 5 heterocycles. The first-order chi connectivity index (χ1) is 23.4. The molecule has 48 heavy (non-hydrogen) atoms. The molecule has 4 unspecified atom stereocenters. The van der Waals surface area contributed by atoms with Crippen LogP contribution in [0.4, 0.5) is 11.4 Å². The van der Waals surface area contributed by atoms with E-state index in [0.717, 1.165) is 90.9 Å². The number of fused-ring (bicyclic) bond motifs is 2. The fourth-order valence-electron chi connectivity index (χ4n) is 7.23. The molecule has 0 amide bonds. The normalized spacial score (nSPS) is 23.5. The summed E-state index contributed by atoms with van der Waals surface area (Å²) in [5, 5.41) is 33.9. The number of anilines is 2. The highest BCUT2D eigenvalue weighted by Gasteiger charge is 2.38. The van der Waals surface area contributed by atoms with Crippen LogP contribution in [-0.4, -0.2) is 98.5 Å². The Morgan fingerprint density at radius 2 is 1.33 bits per heavy atom. The number of hydrogen-bond acceptors (Lipinski definition) is 10. The minimum atomic E-state index is -1.03. The van der Waals surface area contributed by atoms with Crippen LogP contribution < -0.4 is 15.4 Å². The number of nitrogens with zero attached hydrogens (tertiary/aromatic N) is 2. The van der Waals surface area contributed by atoms with Crippen LogP contribution in [0, 0.1) is 0 Å². The quantitative estimate of drug-likeness (QED) is 0.108. The highest BCUT2D eigenvalue weighted by atomic mass is 79.9. The van der Waals surface area contributed by atoms with Crippen molar-refractivity contribution in [2.75, 3.05) is 42.5 Å². The second-order valence-corrected chi connectivity index (χ2v) is 16.1. The fraction of sp³-hybridized carbons (Fsp3) is 0.486. The summed E-state index contributed by atoms with van der Waals surface area (Å²) in [6, 6.07) is 12.5. The van der Waals surface area contributed by atoms with Crippen LogP contribution in [0.3, 0.4) is 0 Å². The number of rotatable bonds is 10. The molecule has 0 bridgehead atoms. The van der Waals surface area contributed by atoms with E-state index in [1.165, 1.54) is 25.7 Å². The number of H-pyrrole nitrogens is 2. The van der Waals surface area contributed by atoms with Gasteiger partial charge < -0.3 is 40.3 Å². The van der Waals surface area contributed by atoms with Gasteiger partial charge in [-0.25, -0.2) is 0 Å². The van der Waals surface area contributed by atoms with Crippen LogP contribution in [-0.2, 0) is 4.74 Å². The number of hydrogen-bond donors (Lipinski definition) is 6. The molecule has 4 aliphatic rings. The zero-order valence-electron chi connectivity index (χ0n) is 26.8. The molecule has 1 aliphatic carbocycles. The van der Waals surface area contributed by atoms with Crippen molar-refractivity contribution in [2.24, 2.45) is 9.98 Å². The van der Waals surface area contributed by atoms with E-state index >= 15 is 0 Å². The molecule has 8 rings (SSSR count). The van der Waals surface area contributed by atoms with Crippen LogP contribution in [0.2, 0.25) is 0 Å². The third-order valence-corrected chi connectivity index (χ3v) is 12.5. The number of aromatic nitrogens is 2. The van der Waals surface area contributed by atoms with Crippen LogP contribution in [0.1, 0.15) is 49.9 Å². The molecular formula is C35H41BrN6O4S2. The highest BCUT2D eigenvalue weighted by molar-refractivity contribution is 9.10. The maximum atomic E-state index is 11.3. The second kappa shape index (κ2) is 13.9. The molecule has 0 radical (unpaired) electrons. The van der Waals surface area contributed by atoms with E-state index in [1.54, 1.807) is 30.6 Å². The lowest BCUT2D eigenvalue weighted by molar-refractivity contribution is -0.000172. The Labute approximate surface area is 296 Å². The van der Waals surface area contributed by atoms with Gasteiger partial charge in [-0.3, -0.25) is 9.98 Å². The lowest BCUT2D eigenvalue weighted by Gasteiger charge is -2.24. The first-order valence-corrected chi connectivity index (χ1v) is 19.6. The van der Waals surface area contributed by atoms with Gasteiger partial charge in [-0.2, -0.15) is 0 Å². The lowest BCUT2D eigenvalue weighted by Crippen LogP contribution is -2.43. The minimum Gasteiger partial charge on any atom is -0.497 e. The first kappa shape index (κ1) is 32.5. The predicted molar refractivity (Wildman–Crippen MR) is 202 cm³/mol. The molecule has 13 heteroatoms. The van der Waals surface area contributed by atoms with Gasteiger partial charge in [0.1, 0.15) is 28.0 Å². The minimum absolute atomic E-state index is 0.370. The van der Waals surface area contributed by atoms with Gasteiger partial charge in [0, 0.05) is 58.1 Å². The van der Waals surface area contributed by atoms with Gasteiger partial charge in [-0.15, -0.1) is 23.5 Å². The molecular weight excluding hydrogens is 712 g/mol. The molecule has 6 N–H and O–H groups in total. The van der Waals surface area contributed by atoms with Crippen molar-refractivity contribution >= 4 is 82.7 Å². The van der Waals surface area contributed by atoms with Crippen molar-refractivity contribution in [3.05, 3.63) is 52.3 Å². The van der Waals surface area contributed by atoms with Crippen molar-refractivity contribution in [3.63, 3.8) is 0 Å². The molecule has 4 atom stereocenters. The number of aliphatic hydroxyl groups is 2. The van der Waals surface area contributed by atoms with E-state index in [0.29, 0.717) is 23.6 Å². The van der Waals surface area contributed by atoms with Crippen molar-refractivity contribution in [1.29, 1.82) is 0 Å². The van der Waals surface area contributed by atoms with Gasteiger partial charge >= 0.3 is 0 Å². The SMILES string of the molecule is COc1cc(NC2CCCC2)c2[nH]c(C3=NC(C(O)C(O)C4CSC(c5cc6cc(Br)cc(NC7CCOCC7)c6[nH]5)=N4)CS3)cc2c1. The Morgan fingerprint density at radius 1 is 0.792 bits per heavy atom. The summed E-state index contributed by atoms with van der Waals surface area (Å²) in [6.45, 7) is 1.55.